The van der Waals surface area contributed by atoms with Crippen LogP contribution in [0.2, 0.25) is 0 Å². The molecule has 21 heavy (non-hydrogen) atoms. The summed E-state index contributed by atoms with van der Waals surface area (Å²) in [6, 6.07) is 5.35. The number of halogens is 3. The monoisotopic (exact) mass is 505 g/mol. The van der Waals surface area contributed by atoms with E-state index < -0.39 is 29.7 Å². The van der Waals surface area contributed by atoms with Gasteiger partial charge in [0.1, 0.15) is 6.54 Å². The van der Waals surface area contributed by atoms with Crippen LogP contribution in [-0.2, 0) is 14.6 Å². The van der Waals surface area contributed by atoms with Gasteiger partial charge in [0.15, 0.2) is 0 Å². The molecule has 0 aromatic heterocycles. The first-order chi connectivity index (χ1) is 9.46. The first-order valence-electron chi connectivity index (χ1n) is 5.35. The molecular weight excluding hydrogens is 498 g/mol. The Hall–Kier alpha value is -0.450. The molecule has 0 aliphatic rings. The lowest BCUT2D eigenvalue weighted by atomic mass is 10.2. The van der Waals surface area contributed by atoms with Gasteiger partial charge in [-0.05, 0) is 66.0 Å². The number of hydrogen-bond acceptors (Lipinski definition) is 4. The molecule has 0 radical (unpaired) electrons. The zero-order chi connectivity index (χ0) is 16.4. The number of amides is 1. The Balaban J connectivity index is 3.18. The standard InChI is InChI=1S/C11H10Br3NO5S/c1-15(6-9(16)17)10(18)7-3-2-4-8(5-7)21(19,20)11(12,13)14/h2-5H,6H2,1H3,(H,16,17). The largest absolute Gasteiger partial charge is 0.480 e. The van der Waals surface area contributed by atoms with Crippen molar-refractivity contribution in [1.82, 2.24) is 4.90 Å². The number of carbonyl (C=O) groups excluding carboxylic acids is 1. The van der Waals surface area contributed by atoms with Crippen molar-refractivity contribution in [2.24, 2.45) is 0 Å². The van der Waals surface area contributed by atoms with Crippen molar-refractivity contribution in [1.29, 1.82) is 0 Å². The molecule has 116 valence electrons. The van der Waals surface area contributed by atoms with Gasteiger partial charge < -0.3 is 10.0 Å². The molecule has 0 unspecified atom stereocenters. The van der Waals surface area contributed by atoms with Gasteiger partial charge in [-0.15, -0.1) is 0 Å². The Bertz CT molecular complexity index is 669. The van der Waals surface area contributed by atoms with Crippen LogP contribution in [-0.4, -0.2) is 45.4 Å². The minimum absolute atomic E-state index is 0.0802. The van der Waals surface area contributed by atoms with Crippen molar-refractivity contribution in [2.45, 2.75) is 6.37 Å². The normalized spacial score (nSPS) is 12.0. The summed E-state index contributed by atoms with van der Waals surface area (Å²) in [5.74, 6) is -1.74. The van der Waals surface area contributed by atoms with Crippen molar-refractivity contribution < 1.29 is 23.1 Å². The van der Waals surface area contributed by atoms with E-state index in [0.29, 0.717) is 0 Å². The molecule has 1 rings (SSSR count). The molecule has 0 bridgehead atoms. The molecule has 10 heteroatoms. The number of sulfone groups is 1. The summed E-state index contributed by atoms with van der Waals surface area (Å²) >= 11 is 8.80. The van der Waals surface area contributed by atoms with E-state index in [0.717, 1.165) is 4.90 Å². The predicted molar refractivity (Wildman–Crippen MR) is 87.7 cm³/mol. The van der Waals surface area contributed by atoms with Gasteiger partial charge in [-0.25, -0.2) is 8.42 Å². The third-order valence-electron chi connectivity index (χ3n) is 2.42. The lowest BCUT2D eigenvalue weighted by Crippen LogP contribution is -2.32. The molecule has 1 N–H and O–H groups in total. The highest BCUT2D eigenvalue weighted by Crippen LogP contribution is 2.43. The number of nitrogens with zero attached hydrogens (tertiary/aromatic N) is 1. The highest BCUT2D eigenvalue weighted by molar-refractivity contribution is 9.42. The van der Waals surface area contributed by atoms with Crippen molar-refractivity contribution in [3.63, 3.8) is 0 Å². The Labute approximate surface area is 146 Å². The van der Waals surface area contributed by atoms with E-state index in [1.54, 1.807) is 0 Å². The molecule has 6 nitrogen and oxygen atoms in total. The summed E-state index contributed by atoms with van der Waals surface area (Å²) in [5.41, 5.74) is 0.0802. The maximum absolute atomic E-state index is 12.2. The molecule has 0 aliphatic heterocycles. The lowest BCUT2D eigenvalue weighted by Gasteiger charge is -2.17. The van der Waals surface area contributed by atoms with E-state index in [4.69, 9.17) is 5.11 Å². The lowest BCUT2D eigenvalue weighted by molar-refractivity contribution is -0.137. The SMILES string of the molecule is CN(CC(=O)O)C(=O)c1cccc(S(=O)(=O)C(Br)(Br)Br)c1. The van der Waals surface area contributed by atoms with Crippen LogP contribution in [0, 0.1) is 0 Å². The van der Waals surface area contributed by atoms with E-state index in [2.05, 4.69) is 47.8 Å². The fourth-order valence-corrected chi connectivity index (χ4v) is 3.91. The molecule has 1 amide bonds. The molecule has 0 heterocycles. The molecular formula is C11H10Br3NO5S. The van der Waals surface area contributed by atoms with Crippen molar-refractivity contribution in [2.75, 3.05) is 13.6 Å². The van der Waals surface area contributed by atoms with Gasteiger partial charge in [0.05, 0.1) is 4.90 Å². The van der Waals surface area contributed by atoms with Crippen LogP contribution in [0.1, 0.15) is 10.4 Å². The van der Waals surface area contributed by atoms with Gasteiger partial charge >= 0.3 is 5.97 Å². The number of carbonyl (C=O) groups is 2. The Kier molecular flexibility index (Phi) is 5.99. The number of aliphatic carboxylic acids is 1. The second-order valence-corrected chi connectivity index (χ2v) is 14.5. The third-order valence-corrected chi connectivity index (χ3v) is 7.73. The maximum Gasteiger partial charge on any atom is 0.323 e. The fourth-order valence-electron chi connectivity index (χ4n) is 1.42. The molecule has 0 spiro atoms. The van der Waals surface area contributed by atoms with E-state index in [1.165, 1.54) is 31.3 Å². The molecule has 1 aromatic rings. The number of alkyl halides is 3. The van der Waals surface area contributed by atoms with Crippen LogP contribution < -0.4 is 0 Å². The van der Waals surface area contributed by atoms with E-state index in [9.17, 15) is 18.0 Å². The van der Waals surface area contributed by atoms with E-state index >= 15 is 0 Å². The Morgan fingerprint density at radius 3 is 2.33 bits per heavy atom. The van der Waals surface area contributed by atoms with Crippen LogP contribution in [0.3, 0.4) is 0 Å². The molecule has 0 fully saturated rings. The number of benzene rings is 1. The number of likely N-dealkylation sites (N-methyl/N-ethyl adjacent to an activating group) is 1. The topological polar surface area (TPSA) is 91.8 Å². The first kappa shape index (κ1) is 18.6. The van der Waals surface area contributed by atoms with Crippen molar-refractivity contribution in [3.05, 3.63) is 29.8 Å². The summed E-state index contributed by atoms with van der Waals surface area (Å²) in [7, 11) is -2.50. The average Bonchev–Trinajstić information content (AvgIpc) is 2.35. The molecule has 0 saturated carbocycles. The number of rotatable bonds is 4. The Morgan fingerprint density at radius 1 is 1.29 bits per heavy atom. The van der Waals surface area contributed by atoms with E-state index in [-0.39, 0.29) is 10.5 Å². The first-order valence-corrected chi connectivity index (χ1v) is 9.21. The summed E-state index contributed by atoms with van der Waals surface area (Å²) in [4.78, 5) is 23.5. The van der Waals surface area contributed by atoms with Gasteiger partial charge in [0.2, 0.25) is 11.3 Å². The summed E-state index contributed by atoms with van der Waals surface area (Å²) in [6.07, 6.45) is 0. The zero-order valence-electron chi connectivity index (χ0n) is 10.6. The highest BCUT2D eigenvalue weighted by atomic mass is 80.0. The second-order valence-electron chi connectivity index (χ2n) is 4.03. The number of hydrogen-bond donors (Lipinski definition) is 1. The van der Waals surface area contributed by atoms with Gasteiger partial charge in [0.25, 0.3) is 5.91 Å². The summed E-state index contributed by atoms with van der Waals surface area (Å²) in [5, 5.41) is 8.66. The van der Waals surface area contributed by atoms with E-state index in [1.807, 2.05) is 0 Å². The summed E-state index contributed by atoms with van der Waals surface area (Å²) < 4.78 is 22.9. The van der Waals surface area contributed by atoms with Crippen LogP contribution in [0.15, 0.2) is 29.2 Å². The second kappa shape index (κ2) is 6.76. The predicted octanol–water partition coefficient (Wildman–Crippen LogP) is 2.41. The third kappa shape index (κ3) is 4.51. The van der Waals surface area contributed by atoms with Gasteiger partial charge in [-0.2, -0.15) is 0 Å². The Morgan fingerprint density at radius 2 is 1.86 bits per heavy atom. The van der Waals surface area contributed by atoms with Crippen LogP contribution >= 0.6 is 47.8 Å². The van der Waals surface area contributed by atoms with Gasteiger partial charge in [0, 0.05) is 12.6 Å². The maximum atomic E-state index is 12.2. The average molecular weight is 508 g/mol. The molecule has 0 atom stereocenters. The molecule has 0 aliphatic carbocycles. The van der Waals surface area contributed by atoms with Crippen LogP contribution in [0.5, 0.6) is 0 Å². The highest BCUT2D eigenvalue weighted by Gasteiger charge is 2.37. The molecule has 1 aromatic carbocycles. The minimum Gasteiger partial charge on any atom is -0.480 e. The molecule has 0 saturated heterocycles. The van der Waals surface area contributed by atoms with Crippen molar-refractivity contribution >= 4 is 69.5 Å². The minimum atomic E-state index is -3.82. The van der Waals surface area contributed by atoms with Crippen LogP contribution in [0.4, 0.5) is 0 Å². The zero-order valence-corrected chi connectivity index (χ0v) is 16.2. The number of carboxylic acid groups (broad SMARTS) is 1. The van der Waals surface area contributed by atoms with Crippen LogP contribution in [0.25, 0.3) is 0 Å². The smallest absolute Gasteiger partial charge is 0.323 e. The van der Waals surface area contributed by atoms with Gasteiger partial charge in [-0.3, -0.25) is 9.59 Å². The van der Waals surface area contributed by atoms with Crippen molar-refractivity contribution in [3.8, 4) is 0 Å². The van der Waals surface area contributed by atoms with Gasteiger partial charge in [-0.1, -0.05) is 6.07 Å². The summed E-state index contributed by atoms with van der Waals surface area (Å²) in [6.45, 7) is -0.477. The quantitative estimate of drug-likeness (QED) is 0.632. The number of carboxylic acids is 1. The fraction of sp³-hybridized carbons (Fsp3) is 0.273.